The summed E-state index contributed by atoms with van der Waals surface area (Å²) in [5, 5.41) is 0. The Morgan fingerprint density at radius 1 is 1.03 bits per heavy atom. The summed E-state index contributed by atoms with van der Waals surface area (Å²) in [6.07, 6.45) is 2.03. The first kappa shape index (κ1) is 21.6. The number of likely N-dealkylation sites (tertiary alicyclic amines) is 1. The predicted molar refractivity (Wildman–Crippen MR) is 114 cm³/mol. The highest BCUT2D eigenvalue weighted by molar-refractivity contribution is 5.77. The van der Waals surface area contributed by atoms with Crippen molar-refractivity contribution < 1.29 is 14.3 Å². The standard InChI is InChI=1S/C23H35N3O3/c1-23(2,3)29-22(28)25-12-10-18(11-13-25)16-21(27)26-15-14-24(4)17-20(26)19-8-6-5-7-9-19/h5-9,18,20H,10-17H2,1-4H3. The highest BCUT2D eigenvalue weighted by Crippen LogP contribution is 2.28. The molecule has 1 atom stereocenters. The highest BCUT2D eigenvalue weighted by atomic mass is 16.6. The molecule has 1 aromatic rings. The SMILES string of the molecule is CN1CCN(C(=O)CC2CCN(C(=O)OC(C)(C)C)CC2)C(c2ccccc2)C1. The van der Waals surface area contributed by atoms with Crippen molar-refractivity contribution in [3.05, 3.63) is 35.9 Å². The normalized spacial score (nSPS) is 21.9. The second kappa shape index (κ2) is 9.16. The smallest absolute Gasteiger partial charge is 0.410 e. The Balaban J connectivity index is 1.55. The van der Waals surface area contributed by atoms with Gasteiger partial charge in [0.15, 0.2) is 0 Å². The maximum atomic E-state index is 13.2. The Kier molecular flexibility index (Phi) is 6.83. The fraction of sp³-hybridized carbons (Fsp3) is 0.652. The maximum absolute atomic E-state index is 13.2. The van der Waals surface area contributed by atoms with E-state index in [2.05, 4.69) is 29.0 Å². The lowest BCUT2D eigenvalue weighted by Crippen LogP contribution is -2.50. The third-order valence-electron chi connectivity index (χ3n) is 5.82. The van der Waals surface area contributed by atoms with Crippen LogP contribution in [0.1, 0.15) is 51.6 Å². The van der Waals surface area contributed by atoms with E-state index in [1.54, 1.807) is 4.90 Å². The van der Waals surface area contributed by atoms with Gasteiger partial charge in [-0.05, 0) is 52.1 Å². The minimum atomic E-state index is -0.474. The van der Waals surface area contributed by atoms with Crippen LogP contribution in [0, 0.1) is 5.92 Å². The lowest BCUT2D eigenvalue weighted by molar-refractivity contribution is -0.137. The molecule has 29 heavy (non-hydrogen) atoms. The predicted octanol–water partition coefficient (Wildman–Crippen LogP) is 3.54. The van der Waals surface area contributed by atoms with Gasteiger partial charge in [0.1, 0.15) is 5.60 Å². The fourth-order valence-electron chi connectivity index (χ4n) is 4.19. The number of amides is 2. The van der Waals surface area contributed by atoms with E-state index in [0.717, 1.165) is 32.5 Å². The third kappa shape index (κ3) is 5.95. The number of nitrogens with zero attached hydrogens (tertiary/aromatic N) is 3. The number of rotatable bonds is 3. The third-order valence-corrected chi connectivity index (χ3v) is 5.82. The second-order valence-electron chi connectivity index (χ2n) is 9.39. The van der Waals surface area contributed by atoms with Gasteiger partial charge in [-0.1, -0.05) is 30.3 Å². The Morgan fingerprint density at radius 3 is 2.31 bits per heavy atom. The minimum absolute atomic E-state index is 0.115. The van der Waals surface area contributed by atoms with Gasteiger partial charge in [-0.2, -0.15) is 0 Å². The van der Waals surface area contributed by atoms with Crippen LogP contribution in [0.15, 0.2) is 30.3 Å². The zero-order chi connectivity index (χ0) is 21.0. The monoisotopic (exact) mass is 401 g/mol. The number of piperazine rings is 1. The van der Waals surface area contributed by atoms with Crippen molar-refractivity contribution in [2.75, 3.05) is 39.8 Å². The molecule has 2 saturated heterocycles. The highest BCUT2D eigenvalue weighted by Gasteiger charge is 2.33. The minimum Gasteiger partial charge on any atom is -0.444 e. The van der Waals surface area contributed by atoms with Gasteiger partial charge in [0.25, 0.3) is 0 Å². The molecule has 0 saturated carbocycles. The second-order valence-corrected chi connectivity index (χ2v) is 9.39. The molecule has 2 amide bonds. The van der Waals surface area contributed by atoms with E-state index in [4.69, 9.17) is 4.74 Å². The van der Waals surface area contributed by atoms with Gasteiger partial charge in [-0.25, -0.2) is 4.79 Å². The number of hydrogen-bond acceptors (Lipinski definition) is 4. The lowest BCUT2D eigenvalue weighted by atomic mass is 9.92. The summed E-state index contributed by atoms with van der Waals surface area (Å²) in [7, 11) is 2.12. The number of likely N-dealkylation sites (N-methyl/N-ethyl adjacent to an activating group) is 1. The van der Waals surface area contributed by atoms with Gasteiger partial charge in [-0.15, -0.1) is 0 Å². The van der Waals surface area contributed by atoms with Gasteiger partial charge in [0, 0.05) is 39.1 Å². The van der Waals surface area contributed by atoms with Gasteiger partial charge in [-0.3, -0.25) is 4.79 Å². The Bertz CT molecular complexity index is 693. The summed E-state index contributed by atoms with van der Waals surface area (Å²) in [5.41, 5.74) is 0.727. The number of piperidine rings is 1. The Morgan fingerprint density at radius 2 is 1.69 bits per heavy atom. The number of carbonyl (C=O) groups is 2. The molecule has 0 N–H and O–H groups in total. The van der Waals surface area contributed by atoms with Gasteiger partial charge < -0.3 is 19.4 Å². The number of benzene rings is 1. The zero-order valence-electron chi connectivity index (χ0n) is 18.3. The molecule has 6 heteroatoms. The van der Waals surface area contributed by atoms with Crippen molar-refractivity contribution >= 4 is 12.0 Å². The summed E-state index contributed by atoms with van der Waals surface area (Å²) in [5.74, 6) is 0.569. The van der Waals surface area contributed by atoms with Crippen LogP contribution < -0.4 is 0 Å². The Labute approximate surface area is 174 Å². The summed E-state index contributed by atoms with van der Waals surface area (Å²) < 4.78 is 5.47. The fourth-order valence-corrected chi connectivity index (χ4v) is 4.19. The largest absolute Gasteiger partial charge is 0.444 e. The van der Waals surface area contributed by atoms with Crippen LogP contribution in [-0.2, 0) is 9.53 Å². The summed E-state index contributed by atoms with van der Waals surface area (Å²) in [6.45, 7) is 9.53. The molecule has 0 bridgehead atoms. The van der Waals surface area contributed by atoms with Crippen molar-refractivity contribution in [2.45, 2.75) is 51.7 Å². The first-order chi connectivity index (χ1) is 13.7. The molecule has 6 nitrogen and oxygen atoms in total. The van der Waals surface area contributed by atoms with Gasteiger partial charge in [0.05, 0.1) is 6.04 Å². The van der Waals surface area contributed by atoms with Crippen LogP contribution in [-0.4, -0.2) is 72.1 Å². The first-order valence-electron chi connectivity index (χ1n) is 10.7. The molecule has 2 fully saturated rings. The first-order valence-corrected chi connectivity index (χ1v) is 10.7. The number of carbonyl (C=O) groups excluding carboxylic acids is 2. The summed E-state index contributed by atoms with van der Waals surface area (Å²) in [4.78, 5) is 31.5. The van der Waals surface area contributed by atoms with E-state index in [1.165, 1.54) is 5.56 Å². The van der Waals surface area contributed by atoms with E-state index in [0.29, 0.717) is 25.4 Å². The topological polar surface area (TPSA) is 53.1 Å². The van der Waals surface area contributed by atoms with Crippen LogP contribution >= 0.6 is 0 Å². The van der Waals surface area contributed by atoms with Crippen molar-refractivity contribution in [3.8, 4) is 0 Å². The molecule has 160 valence electrons. The van der Waals surface area contributed by atoms with Crippen LogP contribution in [0.4, 0.5) is 4.79 Å². The molecule has 0 aliphatic carbocycles. The van der Waals surface area contributed by atoms with Gasteiger partial charge >= 0.3 is 6.09 Å². The number of ether oxygens (including phenoxy) is 1. The molecule has 0 aromatic heterocycles. The molecule has 2 heterocycles. The molecule has 1 unspecified atom stereocenters. The van der Waals surface area contributed by atoms with Crippen molar-refractivity contribution in [1.82, 2.24) is 14.7 Å². The molecular weight excluding hydrogens is 366 g/mol. The average molecular weight is 402 g/mol. The van der Waals surface area contributed by atoms with Crippen molar-refractivity contribution in [1.29, 1.82) is 0 Å². The summed E-state index contributed by atoms with van der Waals surface area (Å²) >= 11 is 0. The van der Waals surface area contributed by atoms with Crippen molar-refractivity contribution in [2.24, 2.45) is 5.92 Å². The quantitative estimate of drug-likeness (QED) is 0.777. The van der Waals surface area contributed by atoms with E-state index in [1.807, 2.05) is 39.0 Å². The molecule has 1 aromatic carbocycles. The van der Waals surface area contributed by atoms with E-state index in [9.17, 15) is 9.59 Å². The summed E-state index contributed by atoms with van der Waals surface area (Å²) in [6, 6.07) is 10.4. The number of hydrogen-bond donors (Lipinski definition) is 0. The van der Waals surface area contributed by atoms with Crippen LogP contribution in [0.5, 0.6) is 0 Å². The molecule has 2 aliphatic rings. The molecule has 3 rings (SSSR count). The van der Waals surface area contributed by atoms with Crippen LogP contribution in [0.3, 0.4) is 0 Å². The van der Waals surface area contributed by atoms with Gasteiger partial charge in [0.2, 0.25) is 5.91 Å². The van der Waals surface area contributed by atoms with E-state index >= 15 is 0 Å². The van der Waals surface area contributed by atoms with Crippen LogP contribution in [0.2, 0.25) is 0 Å². The molecule has 2 aliphatic heterocycles. The molecular formula is C23H35N3O3. The lowest BCUT2D eigenvalue weighted by Gasteiger charge is -2.41. The zero-order valence-corrected chi connectivity index (χ0v) is 18.3. The molecule has 0 spiro atoms. The Hall–Kier alpha value is -2.08. The maximum Gasteiger partial charge on any atom is 0.410 e. The molecule has 0 radical (unpaired) electrons. The average Bonchev–Trinajstić information content (AvgIpc) is 2.67. The van der Waals surface area contributed by atoms with E-state index < -0.39 is 5.60 Å². The van der Waals surface area contributed by atoms with Crippen molar-refractivity contribution in [3.63, 3.8) is 0 Å². The van der Waals surface area contributed by atoms with Crippen LogP contribution in [0.25, 0.3) is 0 Å². The van der Waals surface area contributed by atoms with E-state index in [-0.39, 0.29) is 18.0 Å².